The molecule has 5 atom stereocenters. The first-order valence-corrected chi connectivity index (χ1v) is 18.6. The number of ether oxygens (including phenoxy) is 2. The summed E-state index contributed by atoms with van der Waals surface area (Å²) in [5, 5.41) is 11.3. The summed E-state index contributed by atoms with van der Waals surface area (Å²) < 4.78 is 11.5. The molecule has 4 amide bonds. The van der Waals surface area contributed by atoms with Crippen LogP contribution in [0, 0.1) is 17.8 Å². The van der Waals surface area contributed by atoms with Gasteiger partial charge in [-0.1, -0.05) is 58.0 Å². The van der Waals surface area contributed by atoms with E-state index in [0.717, 1.165) is 5.56 Å². The second kappa shape index (κ2) is 20.5. The first kappa shape index (κ1) is 43.9. The Labute approximate surface area is 298 Å². The normalized spacial score (nSPS) is 15.1. The molecule has 11 nitrogen and oxygen atoms in total. The Morgan fingerprint density at radius 1 is 0.776 bits per heavy atom. The van der Waals surface area contributed by atoms with Gasteiger partial charge in [-0.2, -0.15) is 11.8 Å². The molecular weight excluding hydrogens is 644 g/mol. The molecule has 0 heterocycles. The predicted octanol–water partition coefficient (Wildman–Crippen LogP) is 5.40. The molecule has 0 spiro atoms. The van der Waals surface area contributed by atoms with Gasteiger partial charge in [-0.3, -0.25) is 19.2 Å². The van der Waals surface area contributed by atoms with Gasteiger partial charge in [0.15, 0.2) is 5.78 Å². The minimum absolute atomic E-state index is 0.0552. The van der Waals surface area contributed by atoms with Crippen molar-refractivity contribution in [2.45, 2.75) is 137 Å². The van der Waals surface area contributed by atoms with Crippen molar-refractivity contribution in [1.29, 1.82) is 0 Å². The SMILES string of the molecule is CSCC[C@H](NC(=O)C(NC(=O)[C@@H](CC(=O)[C@@H](NC(=O)OC(C)(C)C)[C@@H](C)OC(C)(C)C)CC(C)C)C(C)C)C(=O)NCc1ccccc1. The third-order valence-corrected chi connectivity index (χ3v) is 8.05. The van der Waals surface area contributed by atoms with E-state index in [1.54, 1.807) is 39.5 Å². The predicted molar refractivity (Wildman–Crippen MR) is 196 cm³/mol. The Hall–Kier alpha value is -3.12. The second-order valence-corrected chi connectivity index (χ2v) is 16.3. The molecule has 0 bridgehead atoms. The molecule has 1 aromatic carbocycles. The lowest BCUT2D eigenvalue weighted by Crippen LogP contribution is -2.56. The zero-order valence-corrected chi connectivity index (χ0v) is 32.5. The van der Waals surface area contributed by atoms with Crippen molar-refractivity contribution in [2.75, 3.05) is 12.0 Å². The van der Waals surface area contributed by atoms with Crippen LogP contribution in [-0.4, -0.2) is 77.0 Å². The Morgan fingerprint density at radius 3 is 1.90 bits per heavy atom. The van der Waals surface area contributed by atoms with Crippen LogP contribution in [0.2, 0.25) is 0 Å². The Bertz CT molecular complexity index is 1210. The fourth-order valence-corrected chi connectivity index (χ4v) is 5.69. The number of thioether (sulfide) groups is 1. The van der Waals surface area contributed by atoms with Crippen molar-refractivity contribution in [3.8, 4) is 0 Å². The monoisotopic (exact) mass is 706 g/mol. The van der Waals surface area contributed by atoms with E-state index in [-0.39, 0.29) is 29.9 Å². The number of alkyl carbamates (subject to hydrolysis) is 1. The lowest BCUT2D eigenvalue weighted by Gasteiger charge is -2.32. The number of carbonyl (C=O) groups is 5. The van der Waals surface area contributed by atoms with Crippen LogP contribution in [0.15, 0.2) is 30.3 Å². The molecule has 0 radical (unpaired) electrons. The van der Waals surface area contributed by atoms with Crippen LogP contribution < -0.4 is 21.3 Å². The summed E-state index contributed by atoms with van der Waals surface area (Å²) >= 11 is 1.57. The molecule has 1 unspecified atom stereocenters. The smallest absolute Gasteiger partial charge is 0.408 e. The Balaban J connectivity index is 3.18. The lowest BCUT2D eigenvalue weighted by molar-refractivity contribution is -0.137. The molecule has 0 saturated heterocycles. The maximum Gasteiger partial charge on any atom is 0.408 e. The van der Waals surface area contributed by atoms with Gasteiger partial charge in [0.2, 0.25) is 17.7 Å². The van der Waals surface area contributed by atoms with Crippen LogP contribution in [0.1, 0.15) is 101 Å². The van der Waals surface area contributed by atoms with Gasteiger partial charge in [0.05, 0.1) is 11.7 Å². The summed E-state index contributed by atoms with van der Waals surface area (Å²) in [7, 11) is 0. The van der Waals surface area contributed by atoms with E-state index in [1.807, 2.05) is 85.1 Å². The molecular formula is C37H62N4O7S. The van der Waals surface area contributed by atoms with Crippen molar-refractivity contribution in [3.05, 3.63) is 35.9 Å². The highest BCUT2D eigenvalue weighted by Crippen LogP contribution is 2.22. The maximum atomic E-state index is 13.9. The summed E-state index contributed by atoms with van der Waals surface area (Å²) in [5.41, 5.74) is -0.451. The zero-order chi connectivity index (χ0) is 37.5. The van der Waals surface area contributed by atoms with Gasteiger partial charge in [0.25, 0.3) is 0 Å². The molecule has 0 aliphatic carbocycles. The number of rotatable bonds is 19. The summed E-state index contributed by atoms with van der Waals surface area (Å²) in [5.74, 6) is -2.01. The van der Waals surface area contributed by atoms with Crippen LogP contribution in [0.4, 0.5) is 4.79 Å². The van der Waals surface area contributed by atoms with E-state index in [0.29, 0.717) is 25.1 Å². The molecule has 1 aromatic rings. The average molecular weight is 707 g/mol. The number of hydrogen-bond donors (Lipinski definition) is 4. The van der Waals surface area contributed by atoms with Gasteiger partial charge in [-0.15, -0.1) is 0 Å². The first-order valence-electron chi connectivity index (χ1n) is 17.2. The molecule has 1 rings (SSSR count). The van der Waals surface area contributed by atoms with Crippen LogP contribution in [0.5, 0.6) is 0 Å². The Kier molecular flexibility index (Phi) is 18.4. The zero-order valence-electron chi connectivity index (χ0n) is 31.7. The molecule has 49 heavy (non-hydrogen) atoms. The highest BCUT2D eigenvalue weighted by atomic mass is 32.2. The average Bonchev–Trinajstić information content (AvgIpc) is 2.97. The first-order chi connectivity index (χ1) is 22.6. The van der Waals surface area contributed by atoms with E-state index in [4.69, 9.17) is 9.47 Å². The maximum absolute atomic E-state index is 13.9. The minimum Gasteiger partial charge on any atom is -0.444 e. The largest absolute Gasteiger partial charge is 0.444 e. The molecule has 12 heteroatoms. The lowest BCUT2D eigenvalue weighted by atomic mass is 9.88. The van der Waals surface area contributed by atoms with Gasteiger partial charge in [0.1, 0.15) is 23.7 Å². The van der Waals surface area contributed by atoms with E-state index >= 15 is 0 Å². The van der Waals surface area contributed by atoms with Crippen molar-refractivity contribution in [3.63, 3.8) is 0 Å². The number of benzene rings is 1. The summed E-state index contributed by atoms with van der Waals surface area (Å²) in [4.78, 5) is 67.3. The highest BCUT2D eigenvalue weighted by molar-refractivity contribution is 7.98. The van der Waals surface area contributed by atoms with Gasteiger partial charge >= 0.3 is 6.09 Å². The minimum atomic E-state index is -1.08. The van der Waals surface area contributed by atoms with Gasteiger partial charge in [0, 0.05) is 18.9 Å². The van der Waals surface area contributed by atoms with Crippen molar-refractivity contribution in [2.24, 2.45) is 17.8 Å². The van der Waals surface area contributed by atoms with E-state index in [2.05, 4.69) is 21.3 Å². The number of nitrogens with one attached hydrogen (secondary N) is 4. The second-order valence-electron chi connectivity index (χ2n) is 15.3. The van der Waals surface area contributed by atoms with E-state index < -0.39 is 59.3 Å². The van der Waals surface area contributed by atoms with Crippen LogP contribution in [-0.2, 0) is 35.2 Å². The number of carbonyl (C=O) groups excluding carboxylic acids is 5. The Morgan fingerprint density at radius 2 is 1.39 bits per heavy atom. The topological polar surface area (TPSA) is 152 Å². The molecule has 0 fully saturated rings. The summed E-state index contributed by atoms with van der Waals surface area (Å²) in [6.07, 6.45) is 1.04. The molecule has 278 valence electrons. The number of Topliss-reactive ketones (excluding diaryl/α,β-unsaturated/α-hetero) is 1. The number of hydrogen-bond acceptors (Lipinski definition) is 8. The van der Waals surface area contributed by atoms with Crippen LogP contribution in [0.25, 0.3) is 0 Å². The standard InChI is InChI=1S/C37H62N4O7S/c1-23(2)20-27(21-29(42)31(25(5)47-36(6,7)8)41-35(46)48-37(9,10)11)32(43)40-30(24(3)4)34(45)39-28(18-19-49-12)33(44)38-22-26-16-14-13-15-17-26/h13-17,23-25,27-28,30-31H,18-22H2,1-12H3,(H,38,44)(H,39,45)(H,40,43)(H,41,46)/t25-,27-,28+,30?,31+/m1/s1. The fraction of sp³-hybridized carbons (Fsp3) is 0.703. The van der Waals surface area contributed by atoms with Crippen LogP contribution >= 0.6 is 11.8 Å². The quantitative estimate of drug-likeness (QED) is 0.149. The third kappa shape index (κ3) is 17.9. The fourth-order valence-electron chi connectivity index (χ4n) is 5.22. The summed E-state index contributed by atoms with van der Waals surface area (Å²) in [6.45, 7) is 20.3. The van der Waals surface area contributed by atoms with Crippen LogP contribution in [0.3, 0.4) is 0 Å². The highest BCUT2D eigenvalue weighted by Gasteiger charge is 2.36. The van der Waals surface area contributed by atoms with Gasteiger partial charge in [-0.05, 0) is 90.7 Å². The van der Waals surface area contributed by atoms with Crippen molar-refractivity contribution in [1.82, 2.24) is 21.3 Å². The molecule has 0 saturated carbocycles. The number of amides is 4. The summed E-state index contributed by atoms with van der Waals surface area (Å²) in [6, 6.07) is 6.68. The van der Waals surface area contributed by atoms with Crippen molar-refractivity contribution < 1.29 is 33.4 Å². The molecule has 0 aromatic heterocycles. The third-order valence-electron chi connectivity index (χ3n) is 7.40. The molecule has 0 aliphatic rings. The van der Waals surface area contributed by atoms with Gasteiger partial charge < -0.3 is 30.7 Å². The molecule has 4 N–H and O–H groups in total. The van der Waals surface area contributed by atoms with Gasteiger partial charge in [-0.25, -0.2) is 4.79 Å². The molecule has 0 aliphatic heterocycles. The van der Waals surface area contributed by atoms with E-state index in [9.17, 15) is 24.0 Å². The van der Waals surface area contributed by atoms with Crippen molar-refractivity contribution >= 4 is 41.4 Å². The van der Waals surface area contributed by atoms with E-state index in [1.165, 1.54) is 0 Å². The number of ketones is 1.